The molecule has 98 valence electrons. The number of carbonyl (C=O) groups excluding carboxylic acids is 1. The molecule has 0 unspecified atom stereocenters. The smallest absolute Gasteiger partial charge is 0.335 e. The fourth-order valence-electron chi connectivity index (χ4n) is 1.49. The summed E-state index contributed by atoms with van der Waals surface area (Å²) in [5.74, 6) is -2.05. The summed E-state index contributed by atoms with van der Waals surface area (Å²) in [4.78, 5) is 22.4. The highest BCUT2D eigenvalue weighted by molar-refractivity contribution is 6.02. The van der Waals surface area contributed by atoms with E-state index < -0.39 is 17.7 Å². The quantitative estimate of drug-likeness (QED) is 0.892. The Hall–Kier alpha value is -2.63. The van der Waals surface area contributed by atoms with Crippen LogP contribution in [0.25, 0.3) is 0 Å². The van der Waals surface area contributed by atoms with Gasteiger partial charge in [0, 0.05) is 0 Å². The van der Waals surface area contributed by atoms with Crippen LogP contribution in [0, 0.1) is 12.7 Å². The molecule has 0 saturated heterocycles. The summed E-state index contributed by atoms with van der Waals surface area (Å²) in [5, 5.41) is 11.0. The van der Waals surface area contributed by atoms with Gasteiger partial charge in [-0.2, -0.15) is 0 Å². The van der Waals surface area contributed by atoms with Crippen molar-refractivity contribution in [2.75, 3.05) is 5.32 Å². The van der Waals surface area contributed by atoms with Crippen molar-refractivity contribution in [3.63, 3.8) is 0 Å². The molecule has 0 fully saturated rings. The number of carboxylic acid groups (broad SMARTS) is 1. The summed E-state index contributed by atoms with van der Waals surface area (Å²) in [5.41, 5.74) is -0.298. The topological polar surface area (TPSA) is 79.5 Å². The number of aryl methyl sites for hydroxylation is 1. The molecule has 1 heterocycles. The minimum absolute atomic E-state index is 0.0548. The highest BCUT2D eigenvalue weighted by Gasteiger charge is 2.14. The molecule has 0 aliphatic heterocycles. The second-order valence-corrected chi connectivity index (χ2v) is 3.86. The number of benzene rings is 1. The van der Waals surface area contributed by atoms with Gasteiger partial charge in [0.05, 0.1) is 11.3 Å². The Balaban J connectivity index is 2.20. The maximum atomic E-state index is 13.6. The molecule has 0 aliphatic rings. The number of hydrogen-bond donors (Lipinski definition) is 2. The number of carbonyl (C=O) groups is 2. The van der Waals surface area contributed by atoms with Crippen molar-refractivity contribution in [3.8, 4) is 0 Å². The second-order valence-electron chi connectivity index (χ2n) is 3.86. The molecule has 5 nitrogen and oxygen atoms in total. The zero-order chi connectivity index (χ0) is 14.0. The predicted octanol–water partition coefficient (Wildman–Crippen LogP) is 2.68. The fraction of sp³-hybridized carbons (Fsp3) is 0.0769. The summed E-state index contributed by atoms with van der Waals surface area (Å²) >= 11 is 0. The third-order valence-corrected chi connectivity index (χ3v) is 2.43. The summed E-state index contributed by atoms with van der Waals surface area (Å²) in [7, 11) is 0. The second kappa shape index (κ2) is 4.93. The molecular weight excluding hydrogens is 253 g/mol. The number of carboxylic acids is 1. The minimum Gasteiger partial charge on any atom is -0.478 e. The van der Waals surface area contributed by atoms with Crippen LogP contribution in [-0.4, -0.2) is 17.0 Å². The lowest BCUT2D eigenvalue weighted by atomic mass is 10.2. The number of hydrogen-bond acceptors (Lipinski definition) is 3. The molecule has 1 aromatic heterocycles. The first-order chi connectivity index (χ1) is 8.97. The Labute approximate surface area is 107 Å². The molecule has 2 aromatic rings. The van der Waals surface area contributed by atoms with Crippen molar-refractivity contribution >= 4 is 17.6 Å². The lowest BCUT2D eigenvalue weighted by Crippen LogP contribution is -2.12. The number of amides is 1. The summed E-state index contributed by atoms with van der Waals surface area (Å²) < 4.78 is 18.7. The monoisotopic (exact) mass is 263 g/mol. The standard InChI is InChI=1S/C13H10FNO4/c1-7-2-5-11(19-7)12(16)15-10-4-3-8(13(17)18)6-9(10)14/h2-6H,1H3,(H,15,16)(H,17,18). The van der Waals surface area contributed by atoms with Crippen LogP contribution in [0.5, 0.6) is 0 Å². The average molecular weight is 263 g/mol. The van der Waals surface area contributed by atoms with E-state index >= 15 is 0 Å². The SMILES string of the molecule is Cc1ccc(C(=O)Nc2ccc(C(=O)O)cc2F)o1. The Morgan fingerprint density at radius 2 is 2.00 bits per heavy atom. The highest BCUT2D eigenvalue weighted by Crippen LogP contribution is 2.17. The van der Waals surface area contributed by atoms with Gasteiger partial charge in [0.15, 0.2) is 5.76 Å². The number of furan rings is 1. The number of halogens is 1. The van der Waals surface area contributed by atoms with Crippen LogP contribution >= 0.6 is 0 Å². The van der Waals surface area contributed by atoms with E-state index in [0.29, 0.717) is 5.76 Å². The highest BCUT2D eigenvalue weighted by atomic mass is 19.1. The van der Waals surface area contributed by atoms with Gasteiger partial charge in [-0.05, 0) is 37.3 Å². The Bertz CT molecular complexity index is 648. The number of aromatic carboxylic acids is 1. The lowest BCUT2D eigenvalue weighted by molar-refractivity contribution is 0.0696. The molecule has 2 N–H and O–H groups in total. The van der Waals surface area contributed by atoms with Crippen molar-refractivity contribution in [3.05, 3.63) is 53.2 Å². The van der Waals surface area contributed by atoms with Gasteiger partial charge in [0.2, 0.25) is 0 Å². The molecule has 0 spiro atoms. The number of nitrogens with one attached hydrogen (secondary N) is 1. The summed E-state index contributed by atoms with van der Waals surface area (Å²) in [6, 6.07) is 6.30. The van der Waals surface area contributed by atoms with Crippen LogP contribution in [0.4, 0.5) is 10.1 Å². The van der Waals surface area contributed by atoms with E-state index in [-0.39, 0.29) is 17.0 Å². The van der Waals surface area contributed by atoms with Gasteiger partial charge < -0.3 is 14.8 Å². The zero-order valence-electron chi connectivity index (χ0n) is 9.94. The predicted molar refractivity (Wildman–Crippen MR) is 64.8 cm³/mol. The summed E-state index contributed by atoms with van der Waals surface area (Å²) in [6.45, 7) is 1.68. The minimum atomic E-state index is -1.24. The molecule has 19 heavy (non-hydrogen) atoms. The zero-order valence-corrected chi connectivity index (χ0v) is 9.94. The molecule has 0 radical (unpaired) electrons. The van der Waals surface area contributed by atoms with Gasteiger partial charge >= 0.3 is 5.97 Å². The van der Waals surface area contributed by atoms with Gasteiger partial charge in [-0.3, -0.25) is 4.79 Å². The summed E-state index contributed by atoms with van der Waals surface area (Å²) in [6.07, 6.45) is 0. The first-order valence-corrected chi connectivity index (χ1v) is 5.38. The third kappa shape index (κ3) is 2.79. The van der Waals surface area contributed by atoms with E-state index in [9.17, 15) is 14.0 Å². The van der Waals surface area contributed by atoms with Gasteiger partial charge in [-0.1, -0.05) is 0 Å². The van der Waals surface area contributed by atoms with Crippen LogP contribution in [-0.2, 0) is 0 Å². The molecular formula is C13H10FNO4. The molecule has 0 aliphatic carbocycles. The largest absolute Gasteiger partial charge is 0.478 e. The molecule has 2 rings (SSSR count). The van der Waals surface area contributed by atoms with Crippen molar-refractivity contribution in [1.82, 2.24) is 0 Å². The molecule has 6 heteroatoms. The van der Waals surface area contributed by atoms with E-state index in [4.69, 9.17) is 9.52 Å². The van der Waals surface area contributed by atoms with Gasteiger partial charge in [0.1, 0.15) is 11.6 Å². The van der Waals surface area contributed by atoms with Crippen molar-refractivity contribution in [2.24, 2.45) is 0 Å². The Morgan fingerprint density at radius 3 is 2.53 bits per heavy atom. The number of rotatable bonds is 3. The van der Waals surface area contributed by atoms with Gasteiger partial charge in [-0.25, -0.2) is 9.18 Å². The molecule has 0 atom stereocenters. The van der Waals surface area contributed by atoms with Crippen molar-refractivity contribution < 1.29 is 23.5 Å². The Kier molecular flexibility index (Phi) is 3.33. The normalized spacial score (nSPS) is 10.2. The van der Waals surface area contributed by atoms with E-state index in [1.165, 1.54) is 18.2 Å². The van der Waals surface area contributed by atoms with Crippen LogP contribution in [0.15, 0.2) is 34.7 Å². The number of anilines is 1. The fourth-order valence-corrected chi connectivity index (χ4v) is 1.49. The average Bonchev–Trinajstić information content (AvgIpc) is 2.78. The van der Waals surface area contributed by atoms with Gasteiger partial charge in [0.25, 0.3) is 5.91 Å². The van der Waals surface area contributed by atoms with E-state index in [2.05, 4.69) is 5.32 Å². The molecule has 0 bridgehead atoms. The molecule has 1 amide bonds. The van der Waals surface area contributed by atoms with Gasteiger partial charge in [-0.15, -0.1) is 0 Å². The van der Waals surface area contributed by atoms with Crippen LogP contribution in [0.2, 0.25) is 0 Å². The van der Waals surface area contributed by atoms with Crippen LogP contribution in [0.1, 0.15) is 26.7 Å². The van der Waals surface area contributed by atoms with Crippen molar-refractivity contribution in [1.29, 1.82) is 0 Å². The first kappa shape index (κ1) is 12.8. The maximum Gasteiger partial charge on any atom is 0.335 e. The first-order valence-electron chi connectivity index (χ1n) is 5.38. The van der Waals surface area contributed by atoms with E-state index in [1.807, 2.05) is 0 Å². The maximum absolute atomic E-state index is 13.6. The van der Waals surface area contributed by atoms with E-state index in [0.717, 1.165) is 6.07 Å². The third-order valence-electron chi connectivity index (χ3n) is 2.43. The Morgan fingerprint density at radius 1 is 1.26 bits per heavy atom. The molecule has 1 aromatic carbocycles. The van der Waals surface area contributed by atoms with E-state index in [1.54, 1.807) is 13.0 Å². The van der Waals surface area contributed by atoms with Crippen LogP contribution < -0.4 is 5.32 Å². The lowest BCUT2D eigenvalue weighted by Gasteiger charge is -2.05. The van der Waals surface area contributed by atoms with Crippen molar-refractivity contribution in [2.45, 2.75) is 6.92 Å². The molecule has 0 saturated carbocycles. The van der Waals surface area contributed by atoms with Crippen LogP contribution in [0.3, 0.4) is 0 Å².